The van der Waals surface area contributed by atoms with Gasteiger partial charge in [-0.25, -0.2) is 4.79 Å². The number of hydrogen-bond acceptors (Lipinski definition) is 6. The lowest BCUT2D eigenvalue weighted by Gasteiger charge is -2.39. The molecule has 1 N–H and O–H groups in total. The summed E-state index contributed by atoms with van der Waals surface area (Å²) in [7, 11) is 3.44. The van der Waals surface area contributed by atoms with Crippen LogP contribution in [0.25, 0.3) is 0 Å². The van der Waals surface area contributed by atoms with Gasteiger partial charge < -0.3 is 19.5 Å². The SMILES string of the molecule is COC(=O)c1ccc(CN2CCC(O)(CCN(C)c3ccccc3OC(C)C)CC2)cc1.Cl.Cl. The molecule has 6 nitrogen and oxygen atoms in total. The monoisotopic (exact) mass is 512 g/mol. The van der Waals surface area contributed by atoms with Gasteiger partial charge in [-0.3, -0.25) is 4.90 Å². The Kier molecular flexibility index (Phi) is 12.2. The molecular weight excluding hydrogens is 475 g/mol. The van der Waals surface area contributed by atoms with Crippen LogP contribution < -0.4 is 9.64 Å². The Labute approximate surface area is 216 Å². The molecule has 0 amide bonds. The lowest BCUT2D eigenvalue weighted by Crippen LogP contribution is -2.45. The second-order valence-electron chi connectivity index (χ2n) is 8.99. The summed E-state index contributed by atoms with van der Waals surface area (Å²) >= 11 is 0. The molecule has 0 unspecified atom stereocenters. The summed E-state index contributed by atoms with van der Waals surface area (Å²) in [6.07, 6.45) is 2.35. The van der Waals surface area contributed by atoms with Gasteiger partial charge in [0.05, 0.1) is 30.1 Å². The van der Waals surface area contributed by atoms with Crippen molar-refractivity contribution in [1.29, 1.82) is 0 Å². The first-order valence-electron chi connectivity index (χ1n) is 11.4. The van der Waals surface area contributed by atoms with E-state index < -0.39 is 5.60 Å². The Balaban J connectivity index is 0.00000289. The Bertz CT molecular complexity index is 885. The summed E-state index contributed by atoms with van der Waals surface area (Å²) in [5.41, 5.74) is 2.13. The molecule has 0 aromatic heterocycles. The first-order valence-corrected chi connectivity index (χ1v) is 11.4. The Hall–Kier alpha value is -1.99. The molecule has 2 aromatic rings. The highest BCUT2D eigenvalue weighted by Gasteiger charge is 2.32. The van der Waals surface area contributed by atoms with Crippen LogP contribution in [0.1, 0.15) is 49.0 Å². The third-order valence-electron chi connectivity index (χ3n) is 6.12. The zero-order valence-electron chi connectivity index (χ0n) is 20.5. The topological polar surface area (TPSA) is 62.2 Å². The molecule has 0 aliphatic carbocycles. The van der Waals surface area contributed by atoms with Crippen LogP contribution in [0.2, 0.25) is 0 Å². The van der Waals surface area contributed by atoms with E-state index in [9.17, 15) is 9.90 Å². The summed E-state index contributed by atoms with van der Waals surface area (Å²) < 4.78 is 10.7. The zero-order chi connectivity index (χ0) is 23.1. The van der Waals surface area contributed by atoms with Gasteiger partial charge in [-0.05, 0) is 62.9 Å². The van der Waals surface area contributed by atoms with Crippen LogP contribution in [0, 0.1) is 0 Å². The lowest BCUT2D eigenvalue weighted by molar-refractivity contribution is -0.0275. The zero-order valence-corrected chi connectivity index (χ0v) is 22.2. The Morgan fingerprint density at radius 3 is 2.29 bits per heavy atom. The highest BCUT2D eigenvalue weighted by molar-refractivity contribution is 5.89. The molecule has 3 rings (SSSR count). The van der Waals surface area contributed by atoms with Gasteiger partial charge in [-0.15, -0.1) is 24.8 Å². The number of carbonyl (C=O) groups excluding carboxylic acids is 1. The van der Waals surface area contributed by atoms with E-state index in [-0.39, 0.29) is 36.9 Å². The van der Waals surface area contributed by atoms with Gasteiger partial charge in [-0.2, -0.15) is 0 Å². The maximum absolute atomic E-state index is 11.6. The van der Waals surface area contributed by atoms with E-state index >= 15 is 0 Å². The molecule has 0 bridgehead atoms. The molecule has 0 spiro atoms. The number of benzene rings is 2. The van der Waals surface area contributed by atoms with Crippen molar-refractivity contribution in [1.82, 2.24) is 4.90 Å². The van der Waals surface area contributed by atoms with Crippen molar-refractivity contribution in [2.75, 3.05) is 38.7 Å². The highest BCUT2D eigenvalue weighted by Crippen LogP contribution is 2.31. The maximum atomic E-state index is 11.6. The third-order valence-corrected chi connectivity index (χ3v) is 6.12. The second-order valence-corrected chi connectivity index (χ2v) is 8.99. The summed E-state index contributed by atoms with van der Waals surface area (Å²) in [5, 5.41) is 11.2. The van der Waals surface area contributed by atoms with E-state index in [4.69, 9.17) is 9.47 Å². The fourth-order valence-corrected chi connectivity index (χ4v) is 4.12. The van der Waals surface area contributed by atoms with Gasteiger partial charge in [0.15, 0.2) is 0 Å². The van der Waals surface area contributed by atoms with Gasteiger partial charge in [0.2, 0.25) is 0 Å². The van der Waals surface area contributed by atoms with E-state index in [0.717, 1.165) is 62.4 Å². The number of piperidine rings is 1. The molecule has 0 atom stereocenters. The molecule has 190 valence electrons. The number of anilines is 1. The molecule has 1 aliphatic heterocycles. The summed E-state index contributed by atoms with van der Waals surface area (Å²) in [5.74, 6) is 0.563. The van der Waals surface area contributed by atoms with E-state index in [2.05, 4.69) is 22.9 Å². The fraction of sp³-hybridized carbons (Fsp3) is 0.500. The van der Waals surface area contributed by atoms with Crippen molar-refractivity contribution < 1.29 is 19.4 Å². The van der Waals surface area contributed by atoms with E-state index in [1.54, 1.807) is 12.1 Å². The molecule has 34 heavy (non-hydrogen) atoms. The molecule has 1 aliphatic rings. The van der Waals surface area contributed by atoms with Crippen LogP contribution >= 0.6 is 24.8 Å². The first-order chi connectivity index (χ1) is 15.3. The predicted molar refractivity (Wildman–Crippen MR) is 142 cm³/mol. The number of carbonyl (C=O) groups is 1. The molecule has 1 saturated heterocycles. The number of esters is 1. The minimum atomic E-state index is -0.645. The standard InChI is InChI=1S/C26H36N2O4.2ClH/c1-20(2)32-24-8-6-5-7-23(24)27(3)16-13-26(30)14-17-28(18-15-26)19-21-9-11-22(12-10-21)25(29)31-4;;/h5-12,20,30H,13-19H2,1-4H3;2*1H. The summed E-state index contributed by atoms with van der Waals surface area (Å²) in [4.78, 5) is 16.1. The lowest BCUT2D eigenvalue weighted by atomic mass is 9.88. The number of ether oxygens (including phenoxy) is 2. The van der Waals surface area contributed by atoms with Gasteiger partial charge in [0.1, 0.15) is 5.75 Å². The average molecular weight is 514 g/mol. The van der Waals surface area contributed by atoms with Crippen molar-refractivity contribution >= 4 is 36.5 Å². The maximum Gasteiger partial charge on any atom is 0.337 e. The molecule has 1 heterocycles. The van der Waals surface area contributed by atoms with Crippen molar-refractivity contribution in [3.05, 3.63) is 59.7 Å². The predicted octanol–water partition coefficient (Wildman–Crippen LogP) is 4.96. The second kappa shape index (κ2) is 13.8. The molecule has 8 heteroatoms. The number of aliphatic hydroxyl groups is 1. The van der Waals surface area contributed by atoms with E-state index in [1.807, 2.05) is 44.2 Å². The number of nitrogens with zero attached hydrogens (tertiary/aromatic N) is 2. The van der Waals surface area contributed by atoms with Crippen molar-refractivity contribution in [2.45, 2.75) is 51.4 Å². The minimum absolute atomic E-state index is 0. The van der Waals surface area contributed by atoms with Gasteiger partial charge in [0.25, 0.3) is 0 Å². The number of rotatable bonds is 9. The Morgan fingerprint density at radius 2 is 1.71 bits per heavy atom. The number of hydrogen-bond donors (Lipinski definition) is 1. The first kappa shape index (κ1) is 30.0. The third kappa shape index (κ3) is 8.35. The molecule has 0 radical (unpaired) electrons. The average Bonchev–Trinajstić information content (AvgIpc) is 2.79. The molecule has 2 aromatic carbocycles. The van der Waals surface area contributed by atoms with Crippen molar-refractivity contribution in [3.8, 4) is 5.75 Å². The fourth-order valence-electron chi connectivity index (χ4n) is 4.12. The van der Waals surface area contributed by atoms with Crippen LogP contribution in [0.15, 0.2) is 48.5 Å². The van der Waals surface area contributed by atoms with Gasteiger partial charge >= 0.3 is 5.97 Å². The summed E-state index contributed by atoms with van der Waals surface area (Å²) in [6.45, 7) is 7.35. The van der Waals surface area contributed by atoms with Crippen LogP contribution in [0.5, 0.6) is 5.75 Å². The van der Waals surface area contributed by atoms with Crippen LogP contribution in [-0.4, -0.2) is 61.5 Å². The largest absolute Gasteiger partial charge is 0.489 e. The molecule has 0 saturated carbocycles. The van der Waals surface area contributed by atoms with E-state index in [1.165, 1.54) is 7.11 Å². The van der Waals surface area contributed by atoms with Crippen molar-refractivity contribution in [3.63, 3.8) is 0 Å². The van der Waals surface area contributed by atoms with E-state index in [0.29, 0.717) is 5.56 Å². The number of halogens is 2. The highest BCUT2D eigenvalue weighted by atomic mass is 35.5. The molecular formula is C26H38Cl2N2O4. The minimum Gasteiger partial charge on any atom is -0.489 e. The van der Waals surface area contributed by atoms with Crippen LogP contribution in [0.4, 0.5) is 5.69 Å². The number of methoxy groups -OCH3 is 1. The van der Waals surface area contributed by atoms with Crippen LogP contribution in [0.3, 0.4) is 0 Å². The van der Waals surface area contributed by atoms with Gasteiger partial charge in [-0.1, -0.05) is 24.3 Å². The van der Waals surface area contributed by atoms with Gasteiger partial charge in [0, 0.05) is 33.2 Å². The smallest absolute Gasteiger partial charge is 0.337 e. The quantitative estimate of drug-likeness (QED) is 0.479. The number of likely N-dealkylation sites (tertiary alicyclic amines) is 1. The Morgan fingerprint density at radius 1 is 1.09 bits per heavy atom. The van der Waals surface area contributed by atoms with Crippen LogP contribution in [-0.2, 0) is 11.3 Å². The number of para-hydroxylation sites is 2. The summed E-state index contributed by atoms with van der Waals surface area (Å²) in [6, 6.07) is 15.6. The molecule has 1 fully saturated rings. The van der Waals surface area contributed by atoms with Crippen molar-refractivity contribution in [2.24, 2.45) is 0 Å². The normalized spacial score (nSPS) is 15.1.